The van der Waals surface area contributed by atoms with Crippen molar-refractivity contribution in [3.8, 4) is 55.6 Å². The fraction of sp³-hybridized carbons (Fsp3) is 0. The minimum Gasteiger partial charge on any atom is -0.0622 e. The maximum absolute atomic E-state index is 2.41. The molecule has 0 bridgehead atoms. The summed E-state index contributed by atoms with van der Waals surface area (Å²) in [7, 11) is 0. The van der Waals surface area contributed by atoms with Gasteiger partial charge in [0.25, 0.3) is 0 Å². The van der Waals surface area contributed by atoms with Gasteiger partial charge in [0, 0.05) is 0 Å². The van der Waals surface area contributed by atoms with E-state index in [0.29, 0.717) is 0 Å². The third kappa shape index (κ3) is 4.92. The van der Waals surface area contributed by atoms with Gasteiger partial charge in [-0.2, -0.15) is 0 Å². The Morgan fingerprint density at radius 2 is 0.596 bits per heavy atom. The second-order valence-electron chi connectivity index (χ2n) is 13.6. The van der Waals surface area contributed by atoms with Crippen LogP contribution in [0.25, 0.3) is 98.7 Å². The molecule has 0 aliphatic rings. The lowest BCUT2D eigenvalue weighted by molar-refractivity contribution is 1.61. The van der Waals surface area contributed by atoms with Crippen molar-refractivity contribution in [2.24, 2.45) is 0 Å². The van der Waals surface area contributed by atoms with E-state index in [0.717, 1.165) is 0 Å². The van der Waals surface area contributed by atoms with E-state index in [1.807, 2.05) is 0 Å². The molecule has 0 aliphatic heterocycles. The van der Waals surface area contributed by atoms with Crippen molar-refractivity contribution in [1.29, 1.82) is 0 Å². The van der Waals surface area contributed by atoms with Crippen LogP contribution in [0, 0.1) is 0 Å². The molecule has 0 aliphatic carbocycles. The summed E-state index contributed by atoms with van der Waals surface area (Å²) in [4.78, 5) is 0. The van der Waals surface area contributed by atoms with Crippen molar-refractivity contribution >= 4 is 43.1 Å². The van der Waals surface area contributed by atoms with Gasteiger partial charge in [0.1, 0.15) is 0 Å². The fourth-order valence-corrected chi connectivity index (χ4v) is 8.39. The van der Waals surface area contributed by atoms with Crippen LogP contribution < -0.4 is 0 Å². The predicted molar refractivity (Wildman–Crippen MR) is 224 cm³/mol. The molecule has 52 heavy (non-hydrogen) atoms. The summed E-state index contributed by atoms with van der Waals surface area (Å²) in [5, 5.41) is 10.0. The van der Waals surface area contributed by atoms with E-state index in [9.17, 15) is 0 Å². The standard InChI is InChI=1S/C52H34/c1-3-16-37(17-4-1)44-29-15-33-48-50(44)49(40-25-11-24-39(34-40)43-28-12-22-35-20-7-9-26-41(35)43)47-32-14-30-45(38-18-5-2-6-19-38)51(47)52(48)46-31-13-23-36-21-8-10-27-42(36)46/h1-34H. The molecule has 0 heteroatoms. The van der Waals surface area contributed by atoms with Crippen molar-refractivity contribution in [3.05, 3.63) is 206 Å². The molecule has 0 fully saturated rings. The Morgan fingerprint density at radius 3 is 1.23 bits per heavy atom. The summed E-state index contributed by atoms with van der Waals surface area (Å²) >= 11 is 0. The molecule has 10 aromatic rings. The van der Waals surface area contributed by atoms with Crippen molar-refractivity contribution < 1.29 is 0 Å². The van der Waals surface area contributed by atoms with Gasteiger partial charge >= 0.3 is 0 Å². The SMILES string of the molecule is c1ccc(-c2cccc3c(-c4cccc5ccccc45)c4c(-c5ccccc5)cccc4c(-c4cccc(-c5cccc6ccccc56)c4)c23)cc1. The van der Waals surface area contributed by atoms with E-state index < -0.39 is 0 Å². The third-order valence-electron chi connectivity index (χ3n) is 10.6. The number of fused-ring (bicyclic) bond motifs is 4. The Hall–Kier alpha value is -6.76. The maximum atomic E-state index is 2.41. The van der Waals surface area contributed by atoms with E-state index in [2.05, 4.69) is 206 Å². The van der Waals surface area contributed by atoms with E-state index in [1.165, 1.54) is 98.7 Å². The van der Waals surface area contributed by atoms with Crippen molar-refractivity contribution in [2.75, 3.05) is 0 Å². The van der Waals surface area contributed by atoms with Gasteiger partial charge in [0.05, 0.1) is 0 Å². The number of hydrogen-bond donors (Lipinski definition) is 0. The zero-order valence-corrected chi connectivity index (χ0v) is 28.6. The first-order valence-electron chi connectivity index (χ1n) is 18.0. The smallest absolute Gasteiger partial charge is 0.00137 e. The molecule has 0 spiro atoms. The average molecular weight is 659 g/mol. The van der Waals surface area contributed by atoms with Crippen molar-refractivity contribution in [1.82, 2.24) is 0 Å². The van der Waals surface area contributed by atoms with Crippen LogP contribution in [0.2, 0.25) is 0 Å². The zero-order chi connectivity index (χ0) is 34.4. The van der Waals surface area contributed by atoms with Gasteiger partial charge in [-0.15, -0.1) is 0 Å². The highest BCUT2D eigenvalue weighted by Crippen LogP contribution is 2.51. The molecule has 0 unspecified atom stereocenters. The molecule has 242 valence electrons. The van der Waals surface area contributed by atoms with Crippen LogP contribution in [-0.2, 0) is 0 Å². The first kappa shape index (κ1) is 30.1. The summed E-state index contributed by atoms with van der Waals surface area (Å²) in [6.45, 7) is 0. The molecular weight excluding hydrogens is 625 g/mol. The van der Waals surface area contributed by atoms with Crippen LogP contribution in [0.15, 0.2) is 206 Å². The molecule has 0 saturated carbocycles. The minimum atomic E-state index is 1.21. The van der Waals surface area contributed by atoms with Gasteiger partial charge in [-0.25, -0.2) is 0 Å². The van der Waals surface area contributed by atoms with Crippen LogP contribution in [0.1, 0.15) is 0 Å². The highest BCUT2D eigenvalue weighted by molar-refractivity contribution is 6.29. The van der Waals surface area contributed by atoms with Crippen LogP contribution in [0.5, 0.6) is 0 Å². The van der Waals surface area contributed by atoms with Gasteiger partial charge in [-0.3, -0.25) is 0 Å². The topological polar surface area (TPSA) is 0 Å². The highest BCUT2D eigenvalue weighted by Gasteiger charge is 2.23. The van der Waals surface area contributed by atoms with Crippen LogP contribution in [0.3, 0.4) is 0 Å². The number of benzene rings is 10. The van der Waals surface area contributed by atoms with E-state index in [1.54, 1.807) is 0 Å². The molecule has 10 rings (SSSR count). The predicted octanol–water partition coefficient (Wildman–Crippen LogP) is 14.6. The highest BCUT2D eigenvalue weighted by atomic mass is 14.3. The van der Waals surface area contributed by atoms with Crippen molar-refractivity contribution in [2.45, 2.75) is 0 Å². The van der Waals surface area contributed by atoms with Gasteiger partial charge < -0.3 is 0 Å². The van der Waals surface area contributed by atoms with Gasteiger partial charge in [0.2, 0.25) is 0 Å². The van der Waals surface area contributed by atoms with E-state index in [4.69, 9.17) is 0 Å². The Labute approximate surface area is 303 Å². The number of rotatable bonds is 5. The fourth-order valence-electron chi connectivity index (χ4n) is 8.39. The summed E-state index contributed by atoms with van der Waals surface area (Å²) in [5.41, 5.74) is 12.3. The Kier molecular flexibility index (Phi) is 7.25. The minimum absolute atomic E-state index is 1.21. The van der Waals surface area contributed by atoms with E-state index in [-0.39, 0.29) is 0 Å². The van der Waals surface area contributed by atoms with Gasteiger partial charge in [-0.1, -0.05) is 200 Å². The van der Waals surface area contributed by atoms with Crippen LogP contribution in [0.4, 0.5) is 0 Å². The first-order chi connectivity index (χ1) is 25.8. The zero-order valence-electron chi connectivity index (χ0n) is 28.6. The largest absolute Gasteiger partial charge is 0.0622 e. The quantitative estimate of drug-likeness (QED) is 0.161. The molecule has 0 N–H and O–H groups in total. The second kappa shape index (κ2) is 12.5. The molecule has 0 heterocycles. The summed E-state index contributed by atoms with van der Waals surface area (Å²) in [6.07, 6.45) is 0. The first-order valence-corrected chi connectivity index (χ1v) is 18.0. The molecule has 0 aromatic heterocycles. The third-order valence-corrected chi connectivity index (χ3v) is 10.6. The van der Waals surface area contributed by atoms with Crippen LogP contribution >= 0.6 is 0 Å². The Bertz CT molecular complexity index is 2920. The molecule has 10 aromatic carbocycles. The summed E-state index contributed by atoms with van der Waals surface area (Å²) < 4.78 is 0. The van der Waals surface area contributed by atoms with E-state index >= 15 is 0 Å². The second-order valence-corrected chi connectivity index (χ2v) is 13.6. The molecule has 0 atom stereocenters. The Morgan fingerprint density at radius 1 is 0.212 bits per heavy atom. The Balaban J connectivity index is 1.40. The lowest BCUT2D eigenvalue weighted by atomic mass is 9.80. The maximum Gasteiger partial charge on any atom is -0.00137 e. The molecule has 0 amide bonds. The molecule has 0 saturated heterocycles. The molecular formula is C52H34. The summed E-state index contributed by atoms with van der Waals surface area (Å²) in [6, 6.07) is 75.6. The van der Waals surface area contributed by atoms with Gasteiger partial charge in [-0.05, 0) is 105 Å². The van der Waals surface area contributed by atoms with Crippen LogP contribution in [-0.4, -0.2) is 0 Å². The van der Waals surface area contributed by atoms with Gasteiger partial charge in [0.15, 0.2) is 0 Å². The molecule has 0 radical (unpaired) electrons. The average Bonchev–Trinajstić information content (AvgIpc) is 3.22. The molecule has 0 nitrogen and oxygen atoms in total. The number of hydrogen-bond acceptors (Lipinski definition) is 0. The summed E-state index contributed by atoms with van der Waals surface area (Å²) in [5.74, 6) is 0. The monoisotopic (exact) mass is 658 g/mol. The normalized spacial score (nSPS) is 11.5. The van der Waals surface area contributed by atoms with Crippen molar-refractivity contribution in [3.63, 3.8) is 0 Å². The lowest BCUT2D eigenvalue weighted by Gasteiger charge is -2.23. The lowest BCUT2D eigenvalue weighted by Crippen LogP contribution is -1.96.